The number of esters is 1. The molecule has 0 spiro atoms. The zero-order valence-electron chi connectivity index (χ0n) is 11.6. The third-order valence-electron chi connectivity index (χ3n) is 2.75. The van der Waals surface area contributed by atoms with Crippen molar-refractivity contribution >= 4 is 17.6 Å². The highest BCUT2D eigenvalue weighted by Gasteiger charge is 2.20. The summed E-state index contributed by atoms with van der Waals surface area (Å²) in [5.41, 5.74) is 1.12. The van der Waals surface area contributed by atoms with Gasteiger partial charge < -0.3 is 9.47 Å². The minimum Gasteiger partial charge on any atom is -0.465 e. The van der Waals surface area contributed by atoms with Crippen molar-refractivity contribution in [1.82, 2.24) is 9.97 Å². The Hall–Kier alpha value is -2.28. The smallest absolute Gasteiger partial charge is 0.388 e. The number of hydrogen-bond acceptors (Lipinski definition) is 5. The maximum Gasteiger partial charge on any atom is 0.388 e. The van der Waals surface area contributed by atoms with Gasteiger partial charge in [-0.3, -0.25) is 4.98 Å². The number of nitrogens with zero attached hydrogens (tertiary/aromatic N) is 2. The van der Waals surface area contributed by atoms with Crippen LogP contribution >= 0.6 is 11.6 Å². The number of rotatable bonds is 4. The summed E-state index contributed by atoms with van der Waals surface area (Å²) in [7, 11) is 1.21. The molecule has 2 aromatic heterocycles. The van der Waals surface area contributed by atoms with Crippen molar-refractivity contribution in [2.45, 2.75) is 13.5 Å². The van der Waals surface area contributed by atoms with Gasteiger partial charge in [0, 0.05) is 29.2 Å². The number of hydrogen-bond donors (Lipinski definition) is 0. The van der Waals surface area contributed by atoms with Gasteiger partial charge in [0.15, 0.2) is 0 Å². The highest BCUT2D eigenvalue weighted by molar-refractivity contribution is 6.30. The normalized spacial score (nSPS) is 10.6. The Balaban J connectivity index is 2.67. The third kappa shape index (κ3) is 3.48. The van der Waals surface area contributed by atoms with E-state index in [0.717, 1.165) is 0 Å². The zero-order chi connectivity index (χ0) is 16.3. The molecule has 22 heavy (non-hydrogen) atoms. The molecule has 0 N–H and O–H groups in total. The van der Waals surface area contributed by atoms with Gasteiger partial charge in [-0.1, -0.05) is 11.6 Å². The van der Waals surface area contributed by atoms with Crippen molar-refractivity contribution in [3.63, 3.8) is 0 Å². The second-order valence-corrected chi connectivity index (χ2v) is 4.68. The van der Waals surface area contributed by atoms with E-state index in [1.807, 2.05) is 0 Å². The first-order valence-corrected chi connectivity index (χ1v) is 6.46. The Bertz CT molecular complexity index is 710. The molecule has 0 saturated heterocycles. The lowest BCUT2D eigenvalue weighted by Crippen LogP contribution is -2.08. The van der Waals surface area contributed by atoms with Crippen LogP contribution < -0.4 is 4.74 Å². The molecule has 0 atom stereocenters. The lowest BCUT2D eigenvalue weighted by atomic mass is 10.0. The van der Waals surface area contributed by atoms with Crippen molar-refractivity contribution in [2.24, 2.45) is 0 Å². The number of carbonyl (C=O) groups is 1. The minimum absolute atomic E-state index is 0.0938. The Morgan fingerprint density at radius 1 is 1.23 bits per heavy atom. The van der Waals surface area contributed by atoms with E-state index < -0.39 is 12.6 Å². The molecular weight excluding hydrogens is 318 g/mol. The molecule has 0 aliphatic heterocycles. The zero-order valence-corrected chi connectivity index (χ0v) is 12.4. The summed E-state index contributed by atoms with van der Waals surface area (Å²) in [5, 5.41) is 0.210. The highest BCUT2D eigenvalue weighted by Crippen LogP contribution is 2.34. The van der Waals surface area contributed by atoms with Gasteiger partial charge in [-0.05, 0) is 19.1 Å². The van der Waals surface area contributed by atoms with Gasteiger partial charge >= 0.3 is 12.6 Å². The van der Waals surface area contributed by atoms with E-state index in [1.54, 1.807) is 6.92 Å². The molecule has 0 amide bonds. The average molecular weight is 329 g/mol. The van der Waals surface area contributed by atoms with Crippen LogP contribution in [0.25, 0.3) is 11.1 Å². The molecule has 0 aliphatic carbocycles. The topological polar surface area (TPSA) is 61.3 Å². The van der Waals surface area contributed by atoms with Crippen LogP contribution in [0.5, 0.6) is 5.88 Å². The molecule has 0 bridgehead atoms. The van der Waals surface area contributed by atoms with Crippen LogP contribution in [0.1, 0.15) is 16.1 Å². The molecule has 0 aromatic carbocycles. The van der Waals surface area contributed by atoms with E-state index in [1.165, 1.54) is 31.6 Å². The standard InChI is InChI=1S/C14H11ClF2N2O3/c1-7-3-9(11(6-18-7)13(20)21-2)10-4-8(15)5-19-12(10)22-14(16)17/h3-6,14H,1-2H3. The summed E-state index contributed by atoms with van der Waals surface area (Å²) >= 11 is 5.87. The molecule has 2 aromatic rings. The summed E-state index contributed by atoms with van der Waals surface area (Å²) in [5.74, 6) is -0.999. The maximum atomic E-state index is 12.5. The van der Waals surface area contributed by atoms with Crippen molar-refractivity contribution in [1.29, 1.82) is 0 Å². The summed E-state index contributed by atoms with van der Waals surface area (Å²) < 4.78 is 34.1. The van der Waals surface area contributed by atoms with Crippen LogP contribution in [-0.2, 0) is 4.74 Å². The molecule has 0 saturated carbocycles. The van der Waals surface area contributed by atoms with Crippen molar-refractivity contribution < 1.29 is 23.0 Å². The SMILES string of the molecule is COC(=O)c1cnc(C)cc1-c1cc(Cl)cnc1OC(F)F. The molecule has 0 fully saturated rings. The van der Waals surface area contributed by atoms with Crippen LogP contribution in [0.15, 0.2) is 24.5 Å². The van der Waals surface area contributed by atoms with Gasteiger partial charge in [0.2, 0.25) is 5.88 Å². The van der Waals surface area contributed by atoms with Crippen LogP contribution in [-0.4, -0.2) is 29.7 Å². The van der Waals surface area contributed by atoms with Crippen molar-refractivity contribution in [3.05, 3.63) is 40.8 Å². The molecule has 2 rings (SSSR count). The van der Waals surface area contributed by atoms with Crippen LogP contribution in [0.3, 0.4) is 0 Å². The number of methoxy groups -OCH3 is 1. The van der Waals surface area contributed by atoms with Crippen LogP contribution in [0.2, 0.25) is 5.02 Å². The number of ether oxygens (including phenoxy) is 2. The fourth-order valence-corrected chi connectivity index (χ4v) is 2.01. The van der Waals surface area contributed by atoms with E-state index in [-0.39, 0.29) is 22.0 Å². The number of alkyl halides is 2. The van der Waals surface area contributed by atoms with Crippen LogP contribution in [0.4, 0.5) is 8.78 Å². The van der Waals surface area contributed by atoms with Crippen LogP contribution in [0, 0.1) is 6.92 Å². The third-order valence-corrected chi connectivity index (χ3v) is 2.96. The second-order valence-electron chi connectivity index (χ2n) is 4.25. The minimum atomic E-state index is -3.06. The van der Waals surface area contributed by atoms with Gasteiger partial charge in [0.05, 0.1) is 17.7 Å². The molecule has 2 heterocycles. The lowest BCUT2D eigenvalue weighted by molar-refractivity contribution is -0.0524. The Morgan fingerprint density at radius 3 is 2.59 bits per heavy atom. The van der Waals surface area contributed by atoms with Gasteiger partial charge in [0.1, 0.15) is 0 Å². The van der Waals surface area contributed by atoms with E-state index in [0.29, 0.717) is 11.3 Å². The monoisotopic (exact) mass is 328 g/mol. The average Bonchev–Trinajstić information content (AvgIpc) is 2.47. The molecule has 5 nitrogen and oxygen atoms in total. The predicted molar refractivity (Wildman–Crippen MR) is 75.2 cm³/mol. The van der Waals surface area contributed by atoms with E-state index in [9.17, 15) is 13.6 Å². The summed E-state index contributed by atoms with van der Waals surface area (Å²) in [6.07, 6.45) is 2.47. The first kappa shape index (κ1) is 16.1. The Kier molecular flexibility index (Phi) is 4.87. The number of halogens is 3. The molecular formula is C14H11ClF2N2O3. The largest absolute Gasteiger partial charge is 0.465 e. The van der Waals surface area contributed by atoms with Crippen molar-refractivity contribution in [3.8, 4) is 17.0 Å². The summed E-state index contributed by atoms with van der Waals surface area (Å²) in [6, 6.07) is 2.92. The van der Waals surface area contributed by atoms with Gasteiger partial charge in [0.25, 0.3) is 0 Å². The molecule has 8 heteroatoms. The fraction of sp³-hybridized carbons (Fsp3) is 0.214. The Labute approximate surface area is 129 Å². The van der Waals surface area contributed by atoms with E-state index in [2.05, 4.69) is 19.4 Å². The van der Waals surface area contributed by atoms with E-state index in [4.69, 9.17) is 11.6 Å². The van der Waals surface area contributed by atoms with Gasteiger partial charge in [-0.15, -0.1) is 0 Å². The number of aromatic nitrogens is 2. The highest BCUT2D eigenvalue weighted by atomic mass is 35.5. The molecule has 0 unspecified atom stereocenters. The first-order chi connectivity index (χ1) is 10.4. The fourth-order valence-electron chi connectivity index (χ4n) is 1.85. The number of aryl methyl sites for hydroxylation is 1. The number of pyridine rings is 2. The predicted octanol–water partition coefficient (Wildman–Crippen LogP) is 3.49. The first-order valence-electron chi connectivity index (χ1n) is 6.08. The molecule has 116 valence electrons. The second kappa shape index (κ2) is 6.65. The maximum absolute atomic E-state index is 12.5. The molecule has 0 aliphatic rings. The summed E-state index contributed by atoms with van der Waals surface area (Å²) in [4.78, 5) is 19.6. The molecule has 0 radical (unpaired) electrons. The van der Waals surface area contributed by atoms with E-state index >= 15 is 0 Å². The van der Waals surface area contributed by atoms with Crippen molar-refractivity contribution in [2.75, 3.05) is 7.11 Å². The quantitative estimate of drug-likeness (QED) is 0.804. The lowest BCUT2D eigenvalue weighted by Gasteiger charge is -2.13. The van der Waals surface area contributed by atoms with Gasteiger partial charge in [-0.25, -0.2) is 9.78 Å². The number of carbonyl (C=O) groups excluding carboxylic acids is 1. The van der Waals surface area contributed by atoms with Gasteiger partial charge in [-0.2, -0.15) is 8.78 Å². The summed E-state index contributed by atoms with van der Waals surface area (Å²) in [6.45, 7) is -1.37. The Morgan fingerprint density at radius 2 is 1.95 bits per heavy atom.